The standard InChI is InChI=1S/C44H64N8O10/c1-7-60-42(57)31(4)45-38(53)28-49-20-18-48(26-27-52-36-16-12-10-14-34(36)41(56)35-15-11-13-17-37(35)52)19-21-50(29-39(54)46-32(5)43(58)61-8-2)23-25-51(24-22-49)30-40(55)47-33(6)44(59)62-9-3/h10-17,31-33H,7-9,18-30H2,1-6H3,(H,45,53)(H,46,54)(H,47,55)/t31-,32+,33-/m0/s1. The number of ether oxygens (including phenoxy) is 3. The molecule has 1 saturated heterocycles. The molecular formula is C44H64N8O10. The van der Waals surface area contributed by atoms with E-state index in [2.05, 4.69) is 25.4 Å². The lowest BCUT2D eigenvalue weighted by molar-refractivity contribution is -0.147. The summed E-state index contributed by atoms with van der Waals surface area (Å²) in [7, 11) is 0. The lowest BCUT2D eigenvalue weighted by Gasteiger charge is -2.34. The topological polar surface area (TPSA) is 201 Å². The summed E-state index contributed by atoms with van der Waals surface area (Å²) in [5, 5.41) is 9.43. The number of hydrogen-bond acceptors (Lipinski definition) is 14. The number of nitrogens with zero attached hydrogens (tertiary/aromatic N) is 5. The fourth-order valence-electron chi connectivity index (χ4n) is 7.28. The number of benzene rings is 2. The molecule has 3 N–H and O–H groups in total. The fraction of sp³-hybridized carbons (Fsp3) is 0.568. The molecule has 0 spiro atoms. The number of amides is 3. The molecule has 18 nitrogen and oxygen atoms in total. The van der Waals surface area contributed by atoms with Crippen LogP contribution in [0.4, 0.5) is 0 Å². The molecule has 1 fully saturated rings. The molecular weight excluding hydrogens is 801 g/mol. The summed E-state index contributed by atoms with van der Waals surface area (Å²) in [5.41, 5.74) is 1.60. The van der Waals surface area contributed by atoms with Crippen molar-refractivity contribution in [3.05, 3.63) is 58.8 Å². The molecule has 340 valence electrons. The first-order valence-electron chi connectivity index (χ1n) is 21.5. The van der Waals surface area contributed by atoms with Crippen LogP contribution in [0.3, 0.4) is 0 Å². The highest BCUT2D eigenvalue weighted by molar-refractivity contribution is 5.93. The molecule has 0 bridgehead atoms. The predicted octanol–water partition coefficient (Wildman–Crippen LogP) is 0.580. The lowest BCUT2D eigenvalue weighted by Crippen LogP contribution is -2.52. The number of fused-ring (bicyclic) bond motifs is 2. The Bertz CT molecular complexity index is 1940. The van der Waals surface area contributed by atoms with E-state index in [0.29, 0.717) is 76.2 Å². The van der Waals surface area contributed by atoms with Crippen LogP contribution in [0.25, 0.3) is 21.8 Å². The second kappa shape index (κ2) is 24.9. The van der Waals surface area contributed by atoms with Gasteiger partial charge in [-0.15, -0.1) is 0 Å². The van der Waals surface area contributed by atoms with E-state index < -0.39 is 41.9 Å². The van der Waals surface area contributed by atoms with Crippen molar-refractivity contribution in [3.8, 4) is 0 Å². The van der Waals surface area contributed by atoms with Gasteiger partial charge in [-0.2, -0.15) is 0 Å². The van der Waals surface area contributed by atoms with Crippen molar-refractivity contribution in [1.82, 2.24) is 40.1 Å². The average molecular weight is 865 g/mol. The number of carbonyl (C=O) groups excluding carboxylic acids is 6. The first-order chi connectivity index (χ1) is 29.7. The SMILES string of the molecule is CCOC(=O)[C@H](C)NC(=O)CN1CCN(CCn2c3ccccc3c(=O)c3ccccc32)CCN(CC(=O)N[C@H](C)C(=O)OCC)CCN(CC(=O)N[C@@H](C)C(=O)OCC)CC1. The number of aromatic nitrogens is 1. The van der Waals surface area contributed by atoms with Crippen LogP contribution in [-0.2, 0) is 49.5 Å². The molecule has 0 unspecified atom stereocenters. The molecule has 0 aliphatic carbocycles. The smallest absolute Gasteiger partial charge is 0.328 e. The minimum atomic E-state index is -0.864. The number of para-hydroxylation sites is 2. The zero-order valence-corrected chi connectivity index (χ0v) is 37.0. The molecule has 4 rings (SSSR count). The van der Waals surface area contributed by atoms with Crippen molar-refractivity contribution in [2.75, 3.05) is 98.4 Å². The number of rotatable bonds is 18. The zero-order valence-electron chi connectivity index (χ0n) is 37.0. The summed E-state index contributed by atoms with van der Waals surface area (Å²) < 4.78 is 17.4. The Morgan fingerprint density at radius 2 is 0.806 bits per heavy atom. The molecule has 3 atom stereocenters. The van der Waals surface area contributed by atoms with Gasteiger partial charge >= 0.3 is 17.9 Å². The molecule has 2 heterocycles. The highest BCUT2D eigenvalue weighted by Crippen LogP contribution is 2.19. The van der Waals surface area contributed by atoms with Crippen LogP contribution in [0.5, 0.6) is 0 Å². The van der Waals surface area contributed by atoms with E-state index in [1.807, 2.05) is 63.2 Å². The van der Waals surface area contributed by atoms with Crippen LogP contribution in [0.2, 0.25) is 0 Å². The summed E-state index contributed by atoms with van der Waals surface area (Å²) in [6.07, 6.45) is 0. The Kier molecular flexibility index (Phi) is 19.7. The third kappa shape index (κ3) is 14.9. The Balaban J connectivity index is 1.62. The van der Waals surface area contributed by atoms with Gasteiger partial charge in [-0.25, -0.2) is 14.4 Å². The minimum Gasteiger partial charge on any atom is -0.464 e. The third-order valence-electron chi connectivity index (χ3n) is 10.6. The number of carbonyl (C=O) groups is 6. The Morgan fingerprint density at radius 1 is 0.500 bits per heavy atom. The maximum atomic E-state index is 13.5. The van der Waals surface area contributed by atoms with Crippen molar-refractivity contribution in [1.29, 1.82) is 0 Å². The predicted molar refractivity (Wildman–Crippen MR) is 234 cm³/mol. The van der Waals surface area contributed by atoms with Crippen molar-refractivity contribution in [3.63, 3.8) is 0 Å². The molecule has 18 heteroatoms. The van der Waals surface area contributed by atoms with Gasteiger partial charge in [0.05, 0.1) is 50.5 Å². The second-order valence-electron chi connectivity index (χ2n) is 15.3. The maximum absolute atomic E-state index is 13.5. The first-order valence-corrected chi connectivity index (χ1v) is 21.5. The summed E-state index contributed by atoms with van der Waals surface area (Å²) >= 11 is 0. The van der Waals surface area contributed by atoms with E-state index in [4.69, 9.17) is 14.2 Å². The summed E-state index contributed by atoms with van der Waals surface area (Å²) in [5.74, 6) is -2.75. The summed E-state index contributed by atoms with van der Waals surface area (Å²) in [6.45, 7) is 14.6. The van der Waals surface area contributed by atoms with Crippen molar-refractivity contribution in [2.24, 2.45) is 0 Å². The van der Waals surface area contributed by atoms with Crippen LogP contribution in [0.15, 0.2) is 53.3 Å². The van der Waals surface area contributed by atoms with E-state index in [0.717, 1.165) is 11.0 Å². The molecule has 3 amide bonds. The Labute approximate surface area is 363 Å². The highest BCUT2D eigenvalue weighted by Gasteiger charge is 2.25. The van der Waals surface area contributed by atoms with Gasteiger partial charge in [-0.1, -0.05) is 24.3 Å². The maximum Gasteiger partial charge on any atom is 0.328 e. The van der Waals surface area contributed by atoms with Crippen molar-refractivity contribution >= 4 is 57.4 Å². The second-order valence-corrected chi connectivity index (χ2v) is 15.3. The van der Waals surface area contributed by atoms with Crippen LogP contribution in [-0.4, -0.2) is 176 Å². The summed E-state index contributed by atoms with van der Waals surface area (Å²) in [4.78, 5) is 98.6. The van der Waals surface area contributed by atoms with E-state index in [9.17, 15) is 33.6 Å². The van der Waals surface area contributed by atoms with Crippen molar-refractivity contribution in [2.45, 2.75) is 66.2 Å². The monoisotopic (exact) mass is 864 g/mol. The molecule has 2 aromatic carbocycles. The lowest BCUT2D eigenvalue weighted by atomic mass is 10.1. The van der Waals surface area contributed by atoms with Gasteiger partial charge in [-0.3, -0.25) is 38.8 Å². The number of pyridine rings is 1. The normalized spacial score (nSPS) is 16.5. The van der Waals surface area contributed by atoms with Crippen LogP contribution >= 0.6 is 0 Å². The Hall–Kier alpha value is -5.43. The molecule has 1 aromatic heterocycles. The number of nitrogens with one attached hydrogen (secondary N) is 3. The van der Waals surface area contributed by atoms with Crippen LogP contribution < -0.4 is 21.4 Å². The van der Waals surface area contributed by atoms with Crippen molar-refractivity contribution < 1.29 is 43.0 Å². The van der Waals surface area contributed by atoms with E-state index >= 15 is 0 Å². The van der Waals surface area contributed by atoms with Gasteiger partial charge in [0.15, 0.2) is 5.43 Å². The van der Waals surface area contributed by atoms with Crippen LogP contribution in [0.1, 0.15) is 41.5 Å². The minimum absolute atomic E-state index is 0.0303. The van der Waals surface area contributed by atoms with E-state index in [1.54, 1.807) is 41.5 Å². The van der Waals surface area contributed by atoms with E-state index in [1.165, 1.54) is 0 Å². The molecule has 0 radical (unpaired) electrons. The first kappa shape index (κ1) is 49.2. The Morgan fingerprint density at radius 3 is 1.13 bits per heavy atom. The van der Waals surface area contributed by atoms with Gasteiger partial charge in [0.2, 0.25) is 17.7 Å². The fourth-order valence-corrected chi connectivity index (χ4v) is 7.28. The van der Waals surface area contributed by atoms with Crippen LogP contribution in [0, 0.1) is 0 Å². The highest BCUT2D eigenvalue weighted by atomic mass is 16.5. The van der Waals surface area contributed by atoms with Gasteiger partial charge < -0.3 is 34.7 Å². The zero-order chi connectivity index (χ0) is 45.2. The molecule has 1 aliphatic heterocycles. The van der Waals surface area contributed by atoms with E-state index in [-0.39, 0.29) is 56.7 Å². The quantitative estimate of drug-likeness (QED) is 0.0912. The number of hydrogen-bond donors (Lipinski definition) is 3. The molecule has 62 heavy (non-hydrogen) atoms. The van der Waals surface area contributed by atoms with Gasteiger partial charge in [0.1, 0.15) is 18.1 Å². The van der Waals surface area contributed by atoms with Gasteiger partial charge in [-0.05, 0) is 65.8 Å². The number of esters is 3. The summed E-state index contributed by atoms with van der Waals surface area (Å²) in [6, 6.07) is 12.5. The molecule has 0 saturated carbocycles. The average Bonchev–Trinajstić information content (AvgIpc) is 3.24. The molecule has 1 aliphatic rings. The molecule has 3 aromatic rings. The third-order valence-corrected chi connectivity index (χ3v) is 10.6. The van der Waals surface area contributed by atoms with Gasteiger partial charge in [0, 0.05) is 76.2 Å². The largest absolute Gasteiger partial charge is 0.464 e. The van der Waals surface area contributed by atoms with Gasteiger partial charge in [0.25, 0.3) is 0 Å².